The number of hydrogen-bond acceptors (Lipinski definition) is 8. The largest absolute Gasteiger partial charge is 0.507 e. The quantitative estimate of drug-likeness (QED) is 0.0663. The molecule has 0 spiro atoms. The summed E-state index contributed by atoms with van der Waals surface area (Å²) in [5, 5.41) is 11.8. The number of carbonyl (C=O) groups is 3. The van der Waals surface area contributed by atoms with Gasteiger partial charge in [-0.3, -0.25) is 14.5 Å². The first kappa shape index (κ1) is 32.4. The van der Waals surface area contributed by atoms with Crippen LogP contribution in [0.3, 0.4) is 0 Å². The highest BCUT2D eigenvalue weighted by Crippen LogP contribution is 2.44. The van der Waals surface area contributed by atoms with E-state index >= 15 is 0 Å². The summed E-state index contributed by atoms with van der Waals surface area (Å²) in [6.07, 6.45) is 1.46. The van der Waals surface area contributed by atoms with Gasteiger partial charge < -0.3 is 14.6 Å². The van der Waals surface area contributed by atoms with Gasteiger partial charge in [0.1, 0.15) is 29.6 Å². The molecule has 1 aliphatic rings. The standard InChI is InChI=1S/C37H36N2O6S/c1-7-19-44-35(43)33-23(3)38-36(46-33)39-30(25-13-16-27(17-14-25)37(4,5)6)29(32(41)34(39)42)31(40)26-15-18-28(22(2)20-26)45-21-24-11-9-8-10-12-24/h7-18,20,30,40H,1,19,21H2,2-6H3/t30-/m1/s1. The highest BCUT2D eigenvalue weighted by Gasteiger charge is 2.48. The number of hydrogen-bond donors (Lipinski definition) is 1. The van der Waals surface area contributed by atoms with Gasteiger partial charge in [0.2, 0.25) is 0 Å². The number of ketones is 1. The zero-order chi connectivity index (χ0) is 33.2. The molecule has 2 heterocycles. The van der Waals surface area contributed by atoms with E-state index in [0.29, 0.717) is 29.2 Å². The number of carbonyl (C=O) groups excluding carboxylic acids is 3. The van der Waals surface area contributed by atoms with Crippen LogP contribution in [0.4, 0.5) is 5.13 Å². The van der Waals surface area contributed by atoms with Crippen LogP contribution in [0.1, 0.15) is 70.0 Å². The number of Topliss-reactive ketones (excluding diaryl/α,β-unsaturated/α-hetero) is 1. The van der Waals surface area contributed by atoms with Crippen LogP contribution in [0.15, 0.2) is 91.0 Å². The Labute approximate surface area is 272 Å². The minimum atomic E-state index is -0.995. The van der Waals surface area contributed by atoms with Crippen molar-refractivity contribution in [2.24, 2.45) is 0 Å². The SMILES string of the molecule is C=CCOC(=O)c1sc(N2C(=O)C(=O)C(=C(O)c3ccc(OCc4ccccc4)c(C)c3)[C@H]2c2ccc(C(C)(C)C)cc2)nc1C. The molecular weight excluding hydrogens is 600 g/mol. The Kier molecular flexibility index (Phi) is 9.25. The van der Waals surface area contributed by atoms with Crippen LogP contribution < -0.4 is 9.64 Å². The number of aliphatic hydroxyl groups is 1. The first-order valence-electron chi connectivity index (χ1n) is 14.8. The van der Waals surface area contributed by atoms with Gasteiger partial charge in [-0.25, -0.2) is 9.78 Å². The molecule has 1 N–H and O–H groups in total. The van der Waals surface area contributed by atoms with Crippen molar-refractivity contribution >= 4 is 39.9 Å². The summed E-state index contributed by atoms with van der Waals surface area (Å²) in [6, 6.07) is 21.5. The van der Waals surface area contributed by atoms with Crippen molar-refractivity contribution in [1.29, 1.82) is 0 Å². The monoisotopic (exact) mass is 636 g/mol. The predicted molar refractivity (Wildman–Crippen MR) is 179 cm³/mol. The van der Waals surface area contributed by atoms with Crippen LogP contribution in [-0.4, -0.2) is 34.4 Å². The van der Waals surface area contributed by atoms with Crippen molar-refractivity contribution in [3.63, 3.8) is 0 Å². The number of thiazole rings is 1. The van der Waals surface area contributed by atoms with Crippen molar-refractivity contribution in [3.8, 4) is 5.75 Å². The van der Waals surface area contributed by atoms with Gasteiger partial charge in [0.25, 0.3) is 5.78 Å². The average Bonchev–Trinajstić information content (AvgIpc) is 3.55. The Balaban J connectivity index is 1.58. The maximum atomic E-state index is 13.7. The molecule has 3 aromatic carbocycles. The van der Waals surface area contributed by atoms with Gasteiger partial charge in [-0.2, -0.15) is 0 Å². The molecule has 0 bridgehead atoms. The third-order valence-corrected chi connectivity index (χ3v) is 8.87. The van der Waals surface area contributed by atoms with Crippen molar-refractivity contribution in [1.82, 2.24) is 4.98 Å². The molecule has 0 radical (unpaired) electrons. The molecule has 236 valence electrons. The Bertz CT molecular complexity index is 1830. The molecule has 1 fully saturated rings. The third kappa shape index (κ3) is 6.50. The first-order chi connectivity index (χ1) is 21.9. The molecule has 46 heavy (non-hydrogen) atoms. The van der Waals surface area contributed by atoms with Gasteiger partial charge >= 0.3 is 11.9 Å². The van der Waals surface area contributed by atoms with E-state index in [4.69, 9.17) is 9.47 Å². The second-order valence-corrected chi connectivity index (χ2v) is 13.1. The number of ether oxygens (including phenoxy) is 2. The average molecular weight is 637 g/mol. The van der Waals surface area contributed by atoms with E-state index in [1.165, 1.54) is 11.0 Å². The summed E-state index contributed by atoms with van der Waals surface area (Å²) in [5.74, 6) is -2.00. The molecular formula is C37H36N2O6S. The number of esters is 1. The van der Waals surface area contributed by atoms with Gasteiger partial charge in [-0.05, 0) is 59.7 Å². The summed E-state index contributed by atoms with van der Waals surface area (Å²) < 4.78 is 11.2. The lowest BCUT2D eigenvalue weighted by atomic mass is 9.85. The molecule has 0 saturated carbocycles. The van der Waals surface area contributed by atoms with Gasteiger partial charge in [0, 0.05) is 5.56 Å². The van der Waals surface area contributed by atoms with Gasteiger partial charge in [-0.1, -0.05) is 99.4 Å². The van der Waals surface area contributed by atoms with E-state index in [0.717, 1.165) is 28.0 Å². The second kappa shape index (κ2) is 13.1. The van der Waals surface area contributed by atoms with Gasteiger partial charge in [0.15, 0.2) is 5.13 Å². The van der Waals surface area contributed by atoms with Gasteiger partial charge in [-0.15, -0.1) is 0 Å². The van der Waals surface area contributed by atoms with Crippen LogP contribution >= 0.6 is 11.3 Å². The number of aryl methyl sites for hydroxylation is 2. The summed E-state index contributed by atoms with van der Waals surface area (Å²) in [4.78, 5) is 46.1. The molecule has 4 aromatic rings. The van der Waals surface area contributed by atoms with E-state index < -0.39 is 23.7 Å². The minimum Gasteiger partial charge on any atom is -0.507 e. The zero-order valence-electron chi connectivity index (χ0n) is 26.5. The van der Waals surface area contributed by atoms with Crippen LogP contribution in [0.25, 0.3) is 5.76 Å². The summed E-state index contributed by atoms with van der Waals surface area (Å²) >= 11 is 0.957. The molecule has 8 nitrogen and oxygen atoms in total. The molecule has 1 aliphatic heterocycles. The Morgan fingerprint density at radius 1 is 1.04 bits per heavy atom. The van der Waals surface area contributed by atoms with Crippen LogP contribution in [-0.2, 0) is 26.3 Å². The van der Waals surface area contributed by atoms with E-state index in [9.17, 15) is 19.5 Å². The molecule has 1 saturated heterocycles. The lowest BCUT2D eigenvalue weighted by molar-refractivity contribution is -0.132. The number of benzene rings is 3. The van der Waals surface area contributed by atoms with E-state index in [1.807, 2.05) is 61.5 Å². The molecule has 0 aliphatic carbocycles. The number of aliphatic hydroxyl groups excluding tert-OH is 1. The van der Waals surface area contributed by atoms with E-state index in [-0.39, 0.29) is 33.4 Å². The minimum absolute atomic E-state index is 0.0195. The fourth-order valence-corrected chi connectivity index (χ4v) is 6.22. The predicted octanol–water partition coefficient (Wildman–Crippen LogP) is 7.61. The Hall–Kier alpha value is -5.02. The van der Waals surface area contributed by atoms with Crippen LogP contribution in [0, 0.1) is 13.8 Å². The fraction of sp³-hybridized carbons (Fsp3) is 0.243. The molecule has 1 amide bonds. The molecule has 5 rings (SSSR count). The second-order valence-electron chi connectivity index (χ2n) is 12.1. The Morgan fingerprint density at radius 2 is 1.74 bits per heavy atom. The number of amides is 1. The van der Waals surface area contributed by atoms with Gasteiger partial charge in [0.05, 0.1) is 17.3 Å². The molecule has 9 heteroatoms. The number of rotatable bonds is 9. The zero-order valence-corrected chi connectivity index (χ0v) is 27.3. The van der Waals surface area contributed by atoms with E-state index in [2.05, 4.69) is 32.3 Å². The topological polar surface area (TPSA) is 106 Å². The molecule has 0 unspecified atom stereocenters. The highest BCUT2D eigenvalue weighted by atomic mass is 32.1. The van der Waals surface area contributed by atoms with Crippen LogP contribution in [0.5, 0.6) is 5.75 Å². The van der Waals surface area contributed by atoms with Crippen molar-refractivity contribution < 1.29 is 29.0 Å². The maximum absolute atomic E-state index is 13.7. The summed E-state index contributed by atoms with van der Waals surface area (Å²) in [7, 11) is 0. The Morgan fingerprint density at radius 3 is 2.37 bits per heavy atom. The van der Waals surface area contributed by atoms with Crippen molar-refractivity contribution in [2.75, 3.05) is 11.5 Å². The van der Waals surface area contributed by atoms with Crippen molar-refractivity contribution in [3.05, 3.63) is 129 Å². The lowest BCUT2D eigenvalue weighted by Gasteiger charge is -2.25. The number of anilines is 1. The normalized spacial score (nSPS) is 16.0. The summed E-state index contributed by atoms with van der Waals surface area (Å²) in [5.41, 5.74) is 3.95. The smallest absolute Gasteiger partial charge is 0.350 e. The third-order valence-electron chi connectivity index (χ3n) is 7.73. The lowest BCUT2D eigenvalue weighted by Crippen LogP contribution is -2.29. The highest BCUT2D eigenvalue weighted by molar-refractivity contribution is 7.17. The van der Waals surface area contributed by atoms with Crippen LogP contribution in [0.2, 0.25) is 0 Å². The van der Waals surface area contributed by atoms with Crippen molar-refractivity contribution in [2.45, 2.75) is 52.7 Å². The molecule has 1 atom stereocenters. The van der Waals surface area contributed by atoms with E-state index in [1.54, 1.807) is 25.1 Å². The summed E-state index contributed by atoms with van der Waals surface area (Å²) in [6.45, 7) is 13.7. The molecule has 1 aromatic heterocycles. The fourth-order valence-electron chi connectivity index (χ4n) is 5.23. The number of nitrogens with zero attached hydrogens (tertiary/aromatic N) is 2. The number of aromatic nitrogens is 1. The maximum Gasteiger partial charge on any atom is 0.350 e. The first-order valence-corrected chi connectivity index (χ1v) is 15.7.